The molecule has 0 radical (unpaired) electrons. The minimum atomic E-state index is -1.03. The minimum absolute atomic E-state index is 0.286. The van der Waals surface area contributed by atoms with E-state index >= 15 is 0 Å². The summed E-state index contributed by atoms with van der Waals surface area (Å²) < 4.78 is 6.50. The van der Waals surface area contributed by atoms with Gasteiger partial charge in [0.2, 0.25) is 0 Å². The van der Waals surface area contributed by atoms with Gasteiger partial charge in [-0.1, -0.05) is 22.9 Å². The predicted molar refractivity (Wildman–Crippen MR) is 65.0 cm³/mol. The minimum Gasteiger partial charge on any atom is -0.491 e. The molecule has 0 heterocycles. The first-order valence-electron chi connectivity index (χ1n) is 5.01. The van der Waals surface area contributed by atoms with Gasteiger partial charge in [0.25, 0.3) is 0 Å². The third kappa shape index (κ3) is 4.10. The first-order chi connectivity index (χ1) is 7.63. The average molecular weight is 288 g/mol. The summed E-state index contributed by atoms with van der Waals surface area (Å²) >= 11 is 3.39. The molecule has 1 rings (SSSR count). The van der Waals surface area contributed by atoms with Crippen LogP contribution in [0.4, 0.5) is 4.79 Å². The van der Waals surface area contributed by atoms with Crippen molar-refractivity contribution in [3.8, 4) is 5.75 Å². The summed E-state index contributed by atoms with van der Waals surface area (Å²) in [5, 5.41) is 10.6. The molecule has 0 aliphatic heterocycles. The predicted octanol–water partition coefficient (Wildman–Crippen LogP) is 2.66. The van der Waals surface area contributed by atoms with E-state index in [1.807, 2.05) is 25.1 Å². The third-order valence-electron chi connectivity index (χ3n) is 2.04. The smallest absolute Gasteiger partial charge is 0.404 e. The van der Waals surface area contributed by atoms with E-state index in [1.54, 1.807) is 0 Å². The van der Waals surface area contributed by atoms with E-state index in [0.717, 1.165) is 22.2 Å². The largest absolute Gasteiger partial charge is 0.491 e. The van der Waals surface area contributed by atoms with Gasteiger partial charge in [-0.15, -0.1) is 0 Å². The van der Waals surface area contributed by atoms with E-state index < -0.39 is 6.09 Å². The van der Waals surface area contributed by atoms with E-state index in [0.29, 0.717) is 6.61 Å². The van der Waals surface area contributed by atoms with Crippen molar-refractivity contribution in [2.24, 2.45) is 0 Å². The Labute approximate surface area is 103 Å². The second-order valence-electron chi connectivity index (χ2n) is 3.19. The topological polar surface area (TPSA) is 58.6 Å². The number of aryl methyl sites for hydroxylation is 1. The van der Waals surface area contributed by atoms with Crippen molar-refractivity contribution >= 4 is 22.0 Å². The quantitative estimate of drug-likeness (QED) is 0.819. The van der Waals surface area contributed by atoms with Gasteiger partial charge in [0.1, 0.15) is 12.4 Å². The Hall–Kier alpha value is -1.23. The lowest BCUT2D eigenvalue weighted by Crippen LogP contribution is -2.26. The van der Waals surface area contributed by atoms with E-state index in [9.17, 15) is 4.79 Å². The molecule has 2 N–H and O–H groups in total. The lowest BCUT2D eigenvalue weighted by Gasteiger charge is -2.10. The zero-order valence-corrected chi connectivity index (χ0v) is 10.6. The number of hydrogen-bond acceptors (Lipinski definition) is 2. The molecule has 0 bridgehead atoms. The summed E-state index contributed by atoms with van der Waals surface area (Å²) in [4.78, 5) is 10.2. The molecule has 1 aromatic carbocycles. The normalized spacial score (nSPS) is 9.88. The number of amides is 1. The van der Waals surface area contributed by atoms with Gasteiger partial charge in [-0.3, -0.25) is 0 Å². The molecule has 0 saturated carbocycles. The van der Waals surface area contributed by atoms with E-state index in [1.165, 1.54) is 0 Å². The Bertz CT molecular complexity index is 368. The summed E-state index contributed by atoms with van der Waals surface area (Å²) in [5.41, 5.74) is 1.10. The summed E-state index contributed by atoms with van der Waals surface area (Å²) in [6.45, 7) is 2.67. The average Bonchev–Trinajstić information content (AvgIpc) is 2.25. The van der Waals surface area contributed by atoms with Crippen LogP contribution >= 0.6 is 15.9 Å². The number of carbonyl (C=O) groups is 1. The van der Waals surface area contributed by atoms with Gasteiger partial charge in [-0.25, -0.2) is 4.79 Å². The number of ether oxygens (including phenoxy) is 1. The molecule has 4 nitrogen and oxygen atoms in total. The number of benzene rings is 1. The molecule has 1 amide bonds. The van der Waals surface area contributed by atoms with Crippen LogP contribution in [0.5, 0.6) is 5.75 Å². The highest BCUT2D eigenvalue weighted by molar-refractivity contribution is 9.10. The zero-order chi connectivity index (χ0) is 12.0. The molecular formula is C11H14BrNO3. The lowest BCUT2D eigenvalue weighted by atomic mass is 10.1. The Morgan fingerprint density at radius 2 is 2.31 bits per heavy atom. The van der Waals surface area contributed by atoms with Gasteiger partial charge in [0.15, 0.2) is 0 Å². The van der Waals surface area contributed by atoms with Gasteiger partial charge >= 0.3 is 6.09 Å². The molecule has 0 spiro atoms. The van der Waals surface area contributed by atoms with Crippen LogP contribution in [0.1, 0.15) is 12.5 Å². The second kappa shape index (κ2) is 6.37. The number of hydrogen-bond donors (Lipinski definition) is 2. The monoisotopic (exact) mass is 287 g/mol. The van der Waals surface area contributed by atoms with Crippen molar-refractivity contribution in [1.29, 1.82) is 0 Å². The van der Waals surface area contributed by atoms with E-state index in [4.69, 9.17) is 9.84 Å². The highest BCUT2D eigenvalue weighted by atomic mass is 79.9. The van der Waals surface area contributed by atoms with Crippen LogP contribution in [0.3, 0.4) is 0 Å². The number of carboxylic acid groups (broad SMARTS) is 1. The van der Waals surface area contributed by atoms with Gasteiger partial charge in [0, 0.05) is 4.47 Å². The van der Waals surface area contributed by atoms with Crippen LogP contribution < -0.4 is 10.1 Å². The van der Waals surface area contributed by atoms with Crippen LogP contribution in [0, 0.1) is 0 Å². The molecule has 0 aliphatic rings. The zero-order valence-electron chi connectivity index (χ0n) is 9.00. The Morgan fingerprint density at radius 3 is 2.94 bits per heavy atom. The highest BCUT2D eigenvalue weighted by Gasteiger charge is 2.02. The highest BCUT2D eigenvalue weighted by Crippen LogP contribution is 2.23. The van der Waals surface area contributed by atoms with Crippen LogP contribution in [-0.4, -0.2) is 24.4 Å². The number of rotatable bonds is 5. The molecular weight excluding hydrogens is 274 g/mol. The fourth-order valence-electron chi connectivity index (χ4n) is 1.28. The molecule has 88 valence electrons. The molecule has 0 atom stereocenters. The first-order valence-corrected chi connectivity index (χ1v) is 5.80. The Morgan fingerprint density at radius 1 is 1.56 bits per heavy atom. The van der Waals surface area contributed by atoms with Crippen molar-refractivity contribution in [3.63, 3.8) is 0 Å². The van der Waals surface area contributed by atoms with Crippen LogP contribution in [0.25, 0.3) is 0 Å². The Kier molecular flexibility index (Phi) is 5.11. The van der Waals surface area contributed by atoms with Crippen molar-refractivity contribution in [2.75, 3.05) is 13.2 Å². The van der Waals surface area contributed by atoms with Gasteiger partial charge in [-0.2, -0.15) is 0 Å². The molecule has 1 aromatic rings. The SMILES string of the molecule is CCc1cc(Br)ccc1OCCNC(=O)O. The first kappa shape index (κ1) is 12.8. The summed E-state index contributed by atoms with van der Waals surface area (Å²) in [5.74, 6) is 0.804. The second-order valence-corrected chi connectivity index (χ2v) is 4.10. The third-order valence-corrected chi connectivity index (χ3v) is 2.53. The summed E-state index contributed by atoms with van der Waals surface area (Å²) in [6.07, 6.45) is -0.156. The summed E-state index contributed by atoms with van der Waals surface area (Å²) in [7, 11) is 0. The van der Waals surface area contributed by atoms with E-state index in [-0.39, 0.29) is 6.54 Å². The number of nitrogens with one attached hydrogen (secondary N) is 1. The molecule has 0 fully saturated rings. The van der Waals surface area contributed by atoms with Crippen LogP contribution in [0.2, 0.25) is 0 Å². The fourth-order valence-corrected chi connectivity index (χ4v) is 1.69. The fraction of sp³-hybridized carbons (Fsp3) is 0.364. The maximum absolute atomic E-state index is 10.2. The van der Waals surface area contributed by atoms with Gasteiger partial charge in [0.05, 0.1) is 6.54 Å². The lowest BCUT2D eigenvalue weighted by molar-refractivity contribution is 0.191. The Balaban J connectivity index is 2.50. The molecule has 0 unspecified atom stereocenters. The molecule has 0 aromatic heterocycles. The number of halogens is 1. The van der Waals surface area contributed by atoms with Crippen molar-refractivity contribution < 1.29 is 14.6 Å². The molecule has 0 saturated heterocycles. The van der Waals surface area contributed by atoms with Crippen LogP contribution in [0.15, 0.2) is 22.7 Å². The van der Waals surface area contributed by atoms with Crippen molar-refractivity contribution in [2.45, 2.75) is 13.3 Å². The molecule has 0 aliphatic carbocycles. The van der Waals surface area contributed by atoms with Gasteiger partial charge < -0.3 is 15.2 Å². The summed E-state index contributed by atoms with van der Waals surface area (Å²) in [6, 6.07) is 5.78. The molecule has 5 heteroatoms. The maximum Gasteiger partial charge on any atom is 0.404 e. The standard InChI is InChI=1S/C11H14BrNO3/c1-2-8-7-9(12)3-4-10(8)16-6-5-13-11(14)15/h3-4,7,13H,2,5-6H2,1H3,(H,14,15). The van der Waals surface area contributed by atoms with E-state index in [2.05, 4.69) is 21.2 Å². The van der Waals surface area contributed by atoms with Gasteiger partial charge in [-0.05, 0) is 30.2 Å². The van der Waals surface area contributed by atoms with Crippen molar-refractivity contribution in [1.82, 2.24) is 5.32 Å². The molecule has 16 heavy (non-hydrogen) atoms. The van der Waals surface area contributed by atoms with Crippen LogP contribution in [-0.2, 0) is 6.42 Å². The van der Waals surface area contributed by atoms with Crippen molar-refractivity contribution in [3.05, 3.63) is 28.2 Å². The maximum atomic E-state index is 10.2.